The standard InChI is InChI=1S/C17H22N4O/c1-13(18)15-6-3-9-20(12-15)17(22)14-5-2-7-16(11-14)21-10-4-8-19-21/h2,4-5,7-8,10-11,13,15H,3,6,9,12,18H2,1H3. The van der Waals surface area contributed by atoms with Gasteiger partial charge in [-0.2, -0.15) is 5.10 Å². The SMILES string of the molecule is CC(N)C1CCCN(C(=O)c2cccc(-n3cccn3)c2)C1. The highest BCUT2D eigenvalue weighted by atomic mass is 16.2. The summed E-state index contributed by atoms with van der Waals surface area (Å²) in [7, 11) is 0. The quantitative estimate of drug-likeness (QED) is 0.943. The maximum Gasteiger partial charge on any atom is 0.253 e. The minimum atomic E-state index is 0.0827. The van der Waals surface area contributed by atoms with Crippen molar-refractivity contribution in [1.82, 2.24) is 14.7 Å². The molecule has 116 valence electrons. The van der Waals surface area contributed by atoms with Gasteiger partial charge in [0.2, 0.25) is 0 Å². The van der Waals surface area contributed by atoms with Crippen LogP contribution >= 0.6 is 0 Å². The average Bonchev–Trinajstić information content (AvgIpc) is 3.09. The number of hydrogen-bond acceptors (Lipinski definition) is 3. The van der Waals surface area contributed by atoms with Crippen LogP contribution in [0, 0.1) is 5.92 Å². The summed E-state index contributed by atoms with van der Waals surface area (Å²) in [5, 5.41) is 4.21. The van der Waals surface area contributed by atoms with Crippen molar-refractivity contribution >= 4 is 5.91 Å². The van der Waals surface area contributed by atoms with Crippen molar-refractivity contribution < 1.29 is 4.79 Å². The molecule has 1 aliphatic heterocycles. The summed E-state index contributed by atoms with van der Waals surface area (Å²) in [5.74, 6) is 0.478. The molecule has 5 heteroatoms. The van der Waals surface area contributed by atoms with E-state index in [2.05, 4.69) is 5.10 Å². The Kier molecular flexibility index (Phi) is 4.24. The first kappa shape index (κ1) is 14.8. The molecule has 0 bridgehead atoms. The molecule has 2 heterocycles. The van der Waals surface area contributed by atoms with Crippen LogP contribution in [-0.2, 0) is 0 Å². The largest absolute Gasteiger partial charge is 0.338 e. The summed E-state index contributed by atoms with van der Waals surface area (Å²) in [6.45, 7) is 3.59. The number of rotatable bonds is 3. The highest BCUT2D eigenvalue weighted by Gasteiger charge is 2.26. The van der Waals surface area contributed by atoms with E-state index in [0.717, 1.165) is 31.6 Å². The fourth-order valence-corrected chi connectivity index (χ4v) is 3.01. The van der Waals surface area contributed by atoms with Crippen LogP contribution in [0.25, 0.3) is 5.69 Å². The molecular weight excluding hydrogens is 276 g/mol. The maximum absolute atomic E-state index is 12.7. The number of aromatic nitrogens is 2. The lowest BCUT2D eigenvalue weighted by molar-refractivity contribution is 0.0661. The Hall–Kier alpha value is -2.14. The van der Waals surface area contributed by atoms with Gasteiger partial charge in [0.15, 0.2) is 0 Å². The van der Waals surface area contributed by atoms with Crippen LogP contribution in [0.2, 0.25) is 0 Å². The Morgan fingerprint density at radius 1 is 1.41 bits per heavy atom. The van der Waals surface area contributed by atoms with Crippen molar-refractivity contribution in [3.63, 3.8) is 0 Å². The minimum Gasteiger partial charge on any atom is -0.338 e. The van der Waals surface area contributed by atoms with E-state index >= 15 is 0 Å². The lowest BCUT2D eigenvalue weighted by atomic mass is 9.92. The van der Waals surface area contributed by atoms with Crippen molar-refractivity contribution in [3.05, 3.63) is 48.3 Å². The van der Waals surface area contributed by atoms with Gasteiger partial charge in [0.1, 0.15) is 0 Å². The molecule has 1 aromatic carbocycles. The van der Waals surface area contributed by atoms with Gasteiger partial charge in [-0.3, -0.25) is 4.79 Å². The molecule has 0 radical (unpaired) electrons. The van der Waals surface area contributed by atoms with Crippen LogP contribution in [-0.4, -0.2) is 39.7 Å². The first-order valence-corrected chi connectivity index (χ1v) is 7.80. The van der Waals surface area contributed by atoms with Crippen LogP contribution in [0.5, 0.6) is 0 Å². The van der Waals surface area contributed by atoms with Gasteiger partial charge in [0.05, 0.1) is 5.69 Å². The van der Waals surface area contributed by atoms with Crippen LogP contribution in [0.4, 0.5) is 0 Å². The number of carbonyl (C=O) groups excluding carboxylic acids is 1. The van der Waals surface area contributed by atoms with E-state index in [0.29, 0.717) is 11.5 Å². The van der Waals surface area contributed by atoms with Gasteiger partial charge in [-0.25, -0.2) is 4.68 Å². The van der Waals surface area contributed by atoms with E-state index in [1.165, 1.54) is 0 Å². The van der Waals surface area contributed by atoms with E-state index in [-0.39, 0.29) is 11.9 Å². The Balaban J connectivity index is 1.79. The number of hydrogen-bond donors (Lipinski definition) is 1. The molecule has 2 aromatic rings. The van der Waals surface area contributed by atoms with E-state index in [9.17, 15) is 4.79 Å². The van der Waals surface area contributed by atoms with Crippen LogP contribution in [0.1, 0.15) is 30.1 Å². The predicted molar refractivity (Wildman–Crippen MR) is 85.8 cm³/mol. The topological polar surface area (TPSA) is 64.2 Å². The number of likely N-dealkylation sites (tertiary alicyclic amines) is 1. The van der Waals surface area contributed by atoms with E-state index in [4.69, 9.17) is 5.73 Å². The molecule has 22 heavy (non-hydrogen) atoms. The Labute approximate surface area is 130 Å². The molecule has 1 aliphatic rings. The number of amides is 1. The van der Waals surface area contributed by atoms with Crippen LogP contribution in [0.3, 0.4) is 0 Å². The second-order valence-electron chi connectivity index (χ2n) is 6.01. The molecule has 3 rings (SSSR count). The molecule has 1 aromatic heterocycles. The lowest BCUT2D eigenvalue weighted by Crippen LogP contribution is -2.45. The first-order valence-electron chi connectivity index (χ1n) is 7.80. The number of benzene rings is 1. The molecule has 5 nitrogen and oxygen atoms in total. The molecule has 1 saturated heterocycles. The van der Waals surface area contributed by atoms with Gasteiger partial charge in [-0.15, -0.1) is 0 Å². The highest BCUT2D eigenvalue weighted by molar-refractivity contribution is 5.94. The normalized spacial score (nSPS) is 19.9. The van der Waals surface area contributed by atoms with Gasteiger partial charge in [0.25, 0.3) is 5.91 Å². The minimum absolute atomic E-state index is 0.0827. The van der Waals surface area contributed by atoms with Crippen LogP contribution < -0.4 is 5.73 Å². The van der Waals surface area contributed by atoms with Crippen molar-refractivity contribution in [3.8, 4) is 5.69 Å². The summed E-state index contributed by atoms with van der Waals surface area (Å²) >= 11 is 0. The zero-order valence-electron chi connectivity index (χ0n) is 12.9. The van der Waals surface area contributed by atoms with E-state index in [1.807, 2.05) is 48.4 Å². The van der Waals surface area contributed by atoms with Gasteiger partial charge in [0, 0.05) is 37.1 Å². The molecule has 0 aliphatic carbocycles. The summed E-state index contributed by atoms with van der Waals surface area (Å²) in [5.41, 5.74) is 7.61. The Morgan fingerprint density at radius 2 is 2.27 bits per heavy atom. The summed E-state index contributed by atoms with van der Waals surface area (Å²) in [6, 6.07) is 9.61. The summed E-state index contributed by atoms with van der Waals surface area (Å²) in [4.78, 5) is 14.7. The third-order valence-electron chi connectivity index (χ3n) is 4.35. The molecule has 1 amide bonds. The predicted octanol–water partition coefficient (Wildman–Crippen LogP) is 2.07. The lowest BCUT2D eigenvalue weighted by Gasteiger charge is -2.34. The zero-order chi connectivity index (χ0) is 15.5. The number of nitrogens with zero attached hydrogens (tertiary/aromatic N) is 3. The zero-order valence-corrected chi connectivity index (χ0v) is 12.9. The van der Waals surface area contributed by atoms with Crippen molar-refractivity contribution in [2.75, 3.05) is 13.1 Å². The Morgan fingerprint density at radius 3 is 3.00 bits per heavy atom. The van der Waals surface area contributed by atoms with E-state index in [1.54, 1.807) is 10.9 Å². The van der Waals surface area contributed by atoms with Crippen molar-refractivity contribution in [1.29, 1.82) is 0 Å². The molecule has 0 saturated carbocycles. The molecule has 1 fully saturated rings. The molecular formula is C17H22N4O. The highest BCUT2D eigenvalue weighted by Crippen LogP contribution is 2.21. The van der Waals surface area contributed by atoms with E-state index < -0.39 is 0 Å². The fourth-order valence-electron chi connectivity index (χ4n) is 3.01. The summed E-state index contributed by atoms with van der Waals surface area (Å²) < 4.78 is 1.76. The van der Waals surface area contributed by atoms with Gasteiger partial charge in [-0.1, -0.05) is 6.07 Å². The second kappa shape index (κ2) is 6.32. The maximum atomic E-state index is 12.7. The number of carbonyl (C=O) groups is 1. The third kappa shape index (κ3) is 3.04. The molecule has 0 spiro atoms. The fraction of sp³-hybridized carbons (Fsp3) is 0.412. The van der Waals surface area contributed by atoms with Crippen LogP contribution in [0.15, 0.2) is 42.7 Å². The molecule has 2 atom stereocenters. The third-order valence-corrected chi connectivity index (χ3v) is 4.35. The molecule has 2 N–H and O–H groups in total. The Bertz CT molecular complexity index is 636. The van der Waals surface area contributed by atoms with Gasteiger partial charge < -0.3 is 10.6 Å². The second-order valence-corrected chi connectivity index (χ2v) is 6.01. The smallest absolute Gasteiger partial charge is 0.253 e. The van der Waals surface area contributed by atoms with Gasteiger partial charge >= 0.3 is 0 Å². The average molecular weight is 298 g/mol. The number of nitrogens with two attached hydrogens (primary N) is 1. The number of piperidine rings is 1. The molecule has 2 unspecified atom stereocenters. The van der Waals surface area contributed by atoms with Gasteiger partial charge in [-0.05, 0) is 49.9 Å². The first-order chi connectivity index (χ1) is 10.6. The summed E-state index contributed by atoms with van der Waals surface area (Å²) in [6.07, 6.45) is 5.73. The van der Waals surface area contributed by atoms with Crippen molar-refractivity contribution in [2.24, 2.45) is 11.7 Å². The van der Waals surface area contributed by atoms with Crippen molar-refractivity contribution in [2.45, 2.75) is 25.8 Å². The monoisotopic (exact) mass is 298 g/mol.